The lowest BCUT2D eigenvalue weighted by Crippen LogP contribution is -2.57. The first-order chi connectivity index (χ1) is 14.9. The van der Waals surface area contributed by atoms with E-state index in [0.29, 0.717) is 5.75 Å². The van der Waals surface area contributed by atoms with E-state index in [9.17, 15) is 28.8 Å². The number of thioether (sulfide) groups is 1. The van der Waals surface area contributed by atoms with Gasteiger partial charge in [-0.05, 0) is 24.9 Å². The summed E-state index contributed by atoms with van der Waals surface area (Å²) in [6, 6.07) is -5.94. The summed E-state index contributed by atoms with van der Waals surface area (Å²) in [5, 5.41) is 42.1. The summed E-state index contributed by atoms with van der Waals surface area (Å²) in [6.07, 6.45) is 0.139. The maximum Gasteiger partial charge on any atom is 0.328 e. The van der Waals surface area contributed by atoms with E-state index in [1.165, 1.54) is 11.8 Å². The molecule has 0 radical (unpaired) electrons. The van der Waals surface area contributed by atoms with Gasteiger partial charge in [0, 0.05) is 6.42 Å². The van der Waals surface area contributed by atoms with Crippen LogP contribution in [0.3, 0.4) is 0 Å². The number of amides is 3. The van der Waals surface area contributed by atoms with Crippen molar-refractivity contribution < 1.29 is 49.2 Å². The van der Waals surface area contributed by atoms with Gasteiger partial charge in [-0.1, -0.05) is 0 Å². The van der Waals surface area contributed by atoms with Gasteiger partial charge in [0.05, 0.1) is 19.1 Å². The monoisotopic (exact) mass is 480 g/mol. The average molecular weight is 480 g/mol. The van der Waals surface area contributed by atoms with Crippen LogP contribution in [-0.2, 0) is 28.8 Å². The Balaban J connectivity index is 5.45. The maximum atomic E-state index is 12.6. The molecule has 4 unspecified atom stereocenters. The quantitative estimate of drug-likeness (QED) is 0.110. The van der Waals surface area contributed by atoms with E-state index in [1.54, 1.807) is 6.26 Å². The van der Waals surface area contributed by atoms with E-state index in [1.807, 2.05) is 5.32 Å². The van der Waals surface area contributed by atoms with Gasteiger partial charge in [-0.25, -0.2) is 4.79 Å². The number of hydrogen-bond donors (Lipinski definition) is 8. The zero-order valence-corrected chi connectivity index (χ0v) is 18.1. The molecule has 0 aliphatic carbocycles. The van der Waals surface area contributed by atoms with Crippen LogP contribution in [0, 0.1) is 0 Å². The molecule has 14 nitrogen and oxygen atoms in total. The van der Waals surface area contributed by atoms with Crippen molar-refractivity contribution in [1.82, 2.24) is 16.0 Å². The van der Waals surface area contributed by atoms with E-state index in [4.69, 9.17) is 26.2 Å². The Morgan fingerprint density at radius 2 is 1.34 bits per heavy atom. The van der Waals surface area contributed by atoms with Crippen LogP contribution in [0.5, 0.6) is 0 Å². The number of nitrogens with two attached hydrogens (primary N) is 1. The minimum Gasteiger partial charge on any atom is -0.481 e. The van der Waals surface area contributed by atoms with Gasteiger partial charge >= 0.3 is 17.9 Å². The van der Waals surface area contributed by atoms with Crippen LogP contribution in [0.15, 0.2) is 0 Å². The van der Waals surface area contributed by atoms with E-state index in [-0.39, 0.29) is 6.42 Å². The molecule has 0 fully saturated rings. The van der Waals surface area contributed by atoms with Gasteiger partial charge in [0.15, 0.2) is 0 Å². The smallest absolute Gasteiger partial charge is 0.328 e. The number of aliphatic hydroxyl groups excluding tert-OH is 1. The minimum absolute atomic E-state index is 0.260. The number of rotatable bonds is 16. The van der Waals surface area contributed by atoms with Crippen molar-refractivity contribution in [3.63, 3.8) is 0 Å². The number of nitrogens with one attached hydrogen (secondary N) is 3. The van der Waals surface area contributed by atoms with Crippen LogP contribution in [0.2, 0.25) is 0 Å². The molecule has 3 amide bonds. The van der Waals surface area contributed by atoms with E-state index in [0.717, 1.165) is 0 Å². The molecule has 0 aromatic rings. The van der Waals surface area contributed by atoms with E-state index >= 15 is 0 Å². The molecule has 0 bridgehead atoms. The van der Waals surface area contributed by atoms with Gasteiger partial charge in [0.1, 0.15) is 18.1 Å². The molecule has 0 aromatic carbocycles. The Hall–Kier alpha value is -2.91. The topological polar surface area (TPSA) is 245 Å². The summed E-state index contributed by atoms with van der Waals surface area (Å²) in [5.74, 6) is -6.81. The Kier molecular flexibility index (Phi) is 13.6. The third-order valence-electron chi connectivity index (χ3n) is 4.06. The molecule has 0 aromatic heterocycles. The zero-order chi connectivity index (χ0) is 24.8. The van der Waals surface area contributed by atoms with Gasteiger partial charge in [0.2, 0.25) is 17.7 Å². The highest BCUT2D eigenvalue weighted by Gasteiger charge is 2.31. The van der Waals surface area contributed by atoms with Crippen LogP contribution >= 0.6 is 11.8 Å². The highest BCUT2D eigenvalue weighted by molar-refractivity contribution is 7.98. The highest BCUT2D eigenvalue weighted by atomic mass is 32.2. The van der Waals surface area contributed by atoms with Crippen molar-refractivity contribution in [2.45, 2.75) is 49.9 Å². The maximum absolute atomic E-state index is 12.6. The normalized spacial score (nSPS) is 14.3. The Morgan fingerprint density at radius 1 is 0.812 bits per heavy atom. The third-order valence-corrected chi connectivity index (χ3v) is 4.70. The lowest BCUT2D eigenvalue weighted by molar-refractivity contribution is -0.144. The highest BCUT2D eigenvalue weighted by Crippen LogP contribution is 2.04. The molecule has 0 aliphatic rings. The number of carboxylic acid groups (broad SMARTS) is 3. The summed E-state index contributed by atoms with van der Waals surface area (Å²) in [5.41, 5.74) is 5.70. The van der Waals surface area contributed by atoms with Crippen LogP contribution in [-0.4, -0.2) is 98.8 Å². The number of carbonyl (C=O) groups excluding carboxylic acids is 3. The molecule has 182 valence electrons. The molecule has 0 aliphatic heterocycles. The SMILES string of the molecule is CSCCC(N)C(=O)NC(CC(=O)O)C(=O)NC(CCC(=O)O)C(=O)NC(CO)C(=O)O. The number of aliphatic carboxylic acids is 3. The standard InChI is InChI=1S/C17H28N4O10S/c1-32-5-4-8(18)14(27)20-10(6-13(25)26)16(29)19-9(2-3-12(23)24)15(28)21-11(7-22)17(30)31/h8-11,22H,2-7,18H2,1H3,(H,19,29)(H,20,27)(H,21,28)(H,23,24)(H,25,26)(H,30,31). The molecule has 4 atom stereocenters. The lowest BCUT2D eigenvalue weighted by atomic mass is 10.1. The van der Waals surface area contributed by atoms with Crippen molar-refractivity contribution in [3.8, 4) is 0 Å². The second kappa shape index (κ2) is 15.0. The van der Waals surface area contributed by atoms with Crippen LogP contribution < -0.4 is 21.7 Å². The predicted octanol–water partition coefficient (Wildman–Crippen LogP) is -3.06. The number of carbonyl (C=O) groups is 6. The van der Waals surface area contributed by atoms with Crippen molar-refractivity contribution >= 4 is 47.4 Å². The summed E-state index contributed by atoms with van der Waals surface area (Å²) in [7, 11) is 0. The Labute approximate surface area is 187 Å². The fourth-order valence-electron chi connectivity index (χ4n) is 2.31. The van der Waals surface area contributed by atoms with Gasteiger partial charge in [-0.3, -0.25) is 24.0 Å². The summed E-state index contributed by atoms with van der Waals surface area (Å²) >= 11 is 1.43. The number of hydrogen-bond acceptors (Lipinski definition) is 9. The van der Waals surface area contributed by atoms with Crippen molar-refractivity contribution in [2.75, 3.05) is 18.6 Å². The fourth-order valence-corrected chi connectivity index (χ4v) is 2.79. The first-order valence-electron chi connectivity index (χ1n) is 9.35. The molecule has 9 N–H and O–H groups in total. The molecule has 32 heavy (non-hydrogen) atoms. The predicted molar refractivity (Wildman–Crippen MR) is 111 cm³/mol. The minimum atomic E-state index is -1.71. The molecule has 0 saturated heterocycles. The Bertz CT molecular complexity index is 705. The molecule has 0 spiro atoms. The summed E-state index contributed by atoms with van der Waals surface area (Å²) < 4.78 is 0. The van der Waals surface area contributed by atoms with Crippen LogP contribution in [0.4, 0.5) is 0 Å². The fraction of sp³-hybridized carbons (Fsp3) is 0.647. The Morgan fingerprint density at radius 3 is 1.81 bits per heavy atom. The summed E-state index contributed by atoms with van der Waals surface area (Å²) in [6.45, 7) is -0.966. The molecule has 0 heterocycles. The van der Waals surface area contributed by atoms with Crippen molar-refractivity contribution in [2.24, 2.45) is 5.73 Å². The molecule has 0 rings (SSSR count). The van der Waals surface area contributed by atoms with Gasteiger partial charge in [0.25, 0.3) is 0 Å². The van der Waals surface area contributed by atoms with Gasteiger partial charge < -0.3 is 42.1 Å². The summed E-state index contributed by atoms with van der Waals surface area (Å²) in [4.78, 5) is 70.0. The molecule has 15 heteroatoms. The molecule has 0 saturated carbocycles. The van der Waals surface area contributed by atoms with Gasteiger partial charge in [-0.2, -0.15) is 11.8 Å². The van der Waals surface area contributed by atoms with Crippen molar-refractivity contribution in [3.05, 3.63) is 0 Å². The average Bonchev–Trinajstić information content (AvgIpc) is 2.71. The molecular formula is C17H28N4O10S. The number of aliphatic hydroxyl groups is 1. The van der Waals surface area contributed by atoms with Crippen LogP contribution in [0.1, 0.15) is 25.7 Å². The molecular weight excluding hydrogens is 452 g/mol. The van der Waals surface area contributed by atoms with Gasteiger partial charge in [-0.15, -0.1) is 0 Å². The van der Waals surface area contributed by atoms with E-state index < -0.39 is 85.7 Å². The zero-order valence-electron chi connectivity index (χ0n) is 17.3. The first-order valence-corrected chi connectivity index (χ1v) is 10.7. The second-order valence-electron chi connectivity index (χ2n) is 6.62. The van der Waals surface area contributed by atoms with E-state index in [2.05, 4.69) is 10.6 Å². The second-order valence-corrected chi connectivity index (χ2v) is 7.61. The number of carboxylic acids is 3. The first kappa shape index (κ1) is 29.1. The third kappa shape index (κ3) is 11.5. The van der Waals surface area contributed by atoms with Crippen LogP contribution in [0.25, 0.3) is 0 Å². The van der Waals surface area contributed by atoms with Crippen molar-refractivity contribution in [1.29, 1.82) is 0 Å². The lowest BCUT2D eigenvalue weighted by Gasteiger charge is -2.24. The largest absolute Gasteiger partial charge is 0.481 e.